The molecule has 1 saturated heterocycles. The van der Waals surface area contributed by atoms with Crippen LogP contribution in [0.1, 0.15) is 34.1 Å². The third kappa shape index (κ3) is 2.73. The van der Waals surface area contributed by atoms with Crippen molar-refractivity contribution in [2.24, 2.45) is 5.92 Å². The van der Waals surface area contributed by atoms with Crippen molar-refractivity contribution in [3.05, 3.63) is 0 Å². The average Bonchev–Trinajstić information content (AvgIpc) is 2.54. The van der Waals surface area contributed by atoms with Crippen molar-refractivity contribution in [3.63, 3.8) is 0 Å². The van der Waals surface area contributed by atoms with E-state index in [1.165, 1.54) is 6.92 Å². The fourth-order valence-electron chi connectivity index (χ4n) is 1.96. The van der Waals surface area contributed by atoms with E-state index in [0.717, 1.165) is 4.90 Å². The van der Waals surface area contributed by atoms with Gasteiger partial charge in [-0.1, -0.05) is 0 Å². The number of rotatable bonds is 1. The van der Waals surface area contributed by atoms with Crippen molar-refractivity contribution in [2.75, 3.05) is 6.54 Å². The number of carboxylic acids is 1. The zero-order valence-electron chi connectivity index (χ0n) is 11.1. The molecule has 0 aromatic rings. The molecule has 0 radical (unpaired) electrons. The summed E-state index contributed by atoms with van der Waals surface area (Å²) in [6, 6.07) is 2.01. The number of carbonyl (C=O) groups excluding carboxylic acids is 1. The molecule has 1 N–H and O–H groups in total. The second-order valence-electron chi connectivity index (χ2n) is 5.70. The van der Waals surface area contributed by atoms with Crippen LogP contribution in [-0.2, 0) is 9.53 Å². The first kappa shape index (κ1) is 14.3. The van der Waals surface area contributed by atoms with Crippen LogP contribution in [0.4, 0.5) is 4.79 Å². The highest BCUT2D eigenvalue weighted by Crippen LogP contribution is 2.34. The summed E-state index contributed by atoms with van der Waals surface area (Å²) in [7, 11) is 0. The summed E-state index contributed by atoms with van der Waals surface area (Å²) >= 11 is 0. The molecule has 0 saturated carbocycles. The summed E-state index contributed by atoms with van der Waals surface area (Å²) in [5.74, 6) is -1.59. The largest absolute Gasteiger partial charge is 0.480 e. The molecule has 0 aromatic carbocycles. The highest BCUT2D eigenvalue weighted by atomic mass is 16.6. The molecule has 0 aliphatic carbocycles. The lowest BCUT2D eigenvalue weighted by molar-refractivity contribution is -0.148. The van der Waals surface area contributed by atoms with Gasteiger partial charge in [0.25, 0.3) is 0 Å². The van der Waals surface area contributed by atoms with Crippen LogP contribution in [0.5, 0.6) is 0 Å². The van der Waals surface area contributed by atoms with Gasteiger partial charge in [-0.15, -0.1) is 0 Å². The molecule has 0 bridgehead atoms. The molecule has 0 spiro atoms. The Labute approximate surface area is 106 Å². The van der Waals surface area contributed by atoms with Gasteiger partial charge in [0.05, 0.1) is 12.0 Å². The molecule has 1 fully saturated rings. The molecule has 2 atom stereocenters. The predicted molar refractivity (Wildman–Crippen MR) is 62.7 cm³/mol. The average molecular weight is 254 g/mol. The standard InChI is InChI=1S/C12H18N2O4/c1-11(2,3)18-10(17)14-7-8(6-13)5-12(14,4)9(15)16/h8H,5,7H2,1-4H3,(H,15,16)/t8-,12+/m0/s1. The topological polar surface area (TPSA) is 90.6 Å². The van der Waals surface area contributed by atoms with Gasteiger partial charge >= 0.3 is 12.1 Å². The maximum absolute atomic E-state index is 12.0. The molecular weight excluding hydrogens is 236 g/mol. The molecule has 1 aliphatic heterocycles. The molecule has 1 heterocycles. The number of hydrogen-bond donors (Lipinski definition) is 1. The Morgan fingerprint density at radius 2 is 2.06 bits per heavy atom. The maximum Gasteiger partial charge on any atom is 0.411 e. The Bertz CT molecular complexity index is 407. The van der Waals surface area contributed by atoms with Crippen molar-refractivity contribution in [3.8, 4) is 6.07 Å². The Balaban J connectivity index is 2.95. The van der Waals surface area contributed by atoms with Crippen LogP contribution in [0.2, 0.25) is 0 Å². The summed E-state index contributed by atoms with van der Waals surface area (Å²) in [6.07, 6.45) is -0.567. The number of nitriles is 1. The van der Waals surface area contributed by atoms with E-state index in [-0.39, 0.29) is 13.0 Å². The van der Waals surface area contributed by atoms with Crippen LogP contribution in [0.15, 0.2) is 0 Å². The van der Waals surface area contributed by atoms with Crippen molar-refractivity contribution < 1.29 is 19.4 Å². The second-order valence-corrected chi connectivity index (χ2v) is 5.70. The number of carboxylic acid groups (broad SMARTS) is 1. The maximum atomic E-state index is 12.0. The molecular formula is C12H18N2O4. The van der Waals surface area contributed by atoms with Gasteiger partial charge in [0.2, 0.25) is 0 Å². The lowest BCUT2D eigenvalue weighted by Crippen LogP contribution is -2.52. The molecule has 1 rings (SSSR count). The number of hydrogen-bond acceptors (Lipinski definition) is 4. The molecule has 100 valence electrons. The van der Waals surface area contributed by atoms with E-state index >= 15 is 0 Å². The molecule has 6 heteroatoms. The first-order valence-electron chi connectivity index (χ1n) is 5.74. The van der Waals surface area contributed by atoms with E-state index in [1.807, 2.05) is 6.07 Å². The number of aliphatic carboxylic acids is 1. The lowest BCUT2D eigenvalue weighted by atomic mass is 9.95. The van der Waals surface area contributed by atoms with Crippen LogP contribution in [0.25, 0.3) is 0 Å². The van der Waals surface area contributed by atoms with Crippen LogP contribution in [-0.4, -0.2) is 39.8 Å². The van der Waals surface area contributed by atoms with E-state index in [0.29, 0.717) is 0 Å². The van der Waals surface area contributed by atoms with E-state index in [1.54, 1.807) is 20.8 Å². The molecule has 0 aromatic heterocycles. The van der Waals surface area contributed by atoms with Gasteiger partial charge in [0, 0.05) is 6.54 Å². The van der Waals surface area contributed by atoms with Crippen molar-refractivity contribution >= 4 is 12.1 Å². The summed E-state index contributed by atoms with van der Waals surface area (Å²) in [4.78, 5) is 24.4. The number of ether oxygens (including phenoxy) is 1. The number of nitrogens with zero attached hydrogens (tertiary/aromatic N) is 2. The van der Waals surface area contributed by atoms with Crippen LogP contribution in [0, 0.1) is 17.2 Å². The van der Waals surface area contributed by atoms with Gasteiger partial charge in [0.1, 0.15) is 11.1 Å². The highest BCUT2D eigenvalue weighted by Gasteiger charge is 2.51. The van der Waals surface area contributed by atoms with Crippen LogP contribution < -0.4 is 0 Å². The minimum Gasteiger partial charge on any atom is -0.480 e. The van der Waals surface area contributed by atoms with E-state index in [2.05, 4.69) is 0 Å². The van der Waals surface area contributed by atoms with Gasteiger partial charge < -0.3 is 9.84 Å². The molecule has 1 aliphatic rings. The lowest BCUT2D eigenvalue weighted by Gasteiger charge is -2.32. The minimum atomic E-state index is -1.37. The third-order valence-corrected chi connectivity index (χ3v) is 2.90. The normalized spacial score (nSPS) is 27.7. The number of amides is 1. The highest BCUT2D eigenvalue weighted by molar-refractivity contribution is 5.85. The van der Waals surface area contributed by atoms with Gasteiger partial charge in [-0.05, 0) is 34.1 Å². The van der Waals surface area contributed by atoms with Crippen molar-refractivity contribution in [1.82, 2.24) is 4.90 Å². The Morgan fingerprint density at radius 3 is 2.44 bits per heavy atom. The summed E-state index contributed by atoms with van der Waals surface area (Å²) in [5, 5.41) is 18.1. The SMILES string of the molecule is CC(C)(C)OC(=O)N1C[C@H](C#N)C[C@]1(C)C(=O)O. The van der Waals surface area contributed by atoms with E-state index < -0.39 is 29.1 Å². The fourth-order valence-corrected chi connectivity index (χ4v) is 1.96. The van der Waals surface area contributed by atoms with Gasteiger partial charge in [-0.2, -0.15) is 5.26 Å². The van der Waals surface area contributed by atoms with Crippen molar-refractivity contribution in [1.29, 1.82) is 5.26 Å². The number of likely N-dealkylation sites (tertiary alicyclic amines) is 1. The first-order valence-corrected chi connectivity index (χ1v) is 5.74. The van der Waals surface area contributed by atoms with Crippen LogP contribution >= 0.6 is 0 Å². The predicted octanol–water partition coefficient (Wildman–Crippen LogP) is 1.61. The van der Waals surface area contributed by atoms with Gasteiger partial charge in [0.15, 0.2) is 0 Å². The number of carbonyl (C=O) groups is 2. The van der Waals surface area contributed by atoms with E-state index in [9.17, 15) is 14.7 Å². The Morgan fingerprint density at radius 1 is 1.50 bits per heavy atom. The zero-order valence-corrected chi connectivity index (χ0v) is 11.1. The minimum absolute atomic E-state index is 0.0915. The second kappa shape index (κ2) is 4.48. The summed E-state index contributed by atoms with van der Waals surface area (Å²) in [6.45, 7) is 6.66. The van der Waals surface area contributed by atoms with Crippen molar-refractivity contribution in [2.45, 2.75) is 45.3 Å². The Kier molecular flexibility index (Phi) is 3.56. The zero-order chi connectivity index (χ0) is 14.1. The summed E-state index contributed by atoms with van der Waals surface area (Å²) < 4.78 is 5.17. The molecule has 0 unspecified atom stereocenters. The van der Waals surface area contributed by atoms with Gasteiger partial charge in [-0.3, -0.25) is 4.90 Å². The van der Waals surface area contributed by atoms with Gasteiger partial charge in [-0.25, -0.2) is 9.59 Å². The first-order chi connectivity index (χ1) is 8.10. The quantitative estimate of drug-likeness (QED) is 0.767. The molecule has 6 nitrogen and oxygen atoms in total. The van der Waals surface area contributed by atoms with Crippen LogP contribution in [0.3, 0.4) is 0 Å². The van der Waals surface area contributed by atoms with E-state index in [4.69, 9.17) is 10.00 Å². The molecule has 1 amide bonds. The molecule has 18 heavy (non-hydrogen) atoms. The monoisotopic (exact) mass is 254 g/mol. The summed E-state index contributed by atoms with van der Waals surface area (Å²) in [5.41, 5.74) is -2.07. The third-order valence-electron chi connectivity index (χ3n) is 2.90. The Hall–Kier alpha value is -1.77. The smallest absolute Gasteiger partial charge is 0.411 e. The fraction of sp³-hybridized carbons (Fsp3) is 0.750.